The Bertz CT molecular complexity index is 758. The highest BCUT2D eigenvalue weighted by molar-refractivity contribution is 7.45. The highest BCUT2D eigenvalue weighted by atomic mass is 31.2. The van der Waals surface area contributed by atoms with Gasteiger partial charge in [-0.2, -0.15) is 0 Å². The highest BCUT2D eigenvalue weighted by Crippen LogP contribution is 2.38. The van der Waals surface area contributed by atoms with Gasteiger partial charge in [-0.1, -0.05) is 148 Å². The first kappa shape index (κ1) is 44.2. The number of aliphatic hydroxyl groups excluding tert-OH is 1. The van der Waals surface area contributed by atoms with E-state index in [-0.39, 0.29) is 19.1 Å². The van der Waals surface area contributed by atoms with E-state index in [2.05, 4.69) is 19.2 Å². The van der Waals surface area contributed by atoms with E-state index < -0.39 is 20.0 Å². The summed E-state index contributed by atoms with van der Waals surface area (Å²) in [5.74, 6) is -0.201. The number of likely N-dealkylation sites (N-methyl/N-ethyl adjacent to an activating group) is 1. The molecule has 0 heterocycles. The van der Waals surface area contributed by atoms with E-state index in [1.54, 1.807) is 6.08 Å². The summed E-state index contributed by atoms with van der Waals surface area (Å²) in [6.07, 6.45) is 29.6. The van der Waals surface area contributed by atoms with Crippen molar-refractivity contribution in [3.63, 3.8) is 0 Å². The molecule has 0 spiro atoms. The third kappa shape index (κ3) is 31.6. The molecule has 0 saturated carbocycles. The number of hydrogen-bond donors (Lipinski definition) is 2. The van der Waals surface area contributed by atoms with Crippen molar-refractivity contribution in [2.24, 2.45) is 0 Å². The smallest absolute Gasteiger partial charge is 0.268 e. The third-order valence-electron chi connectivity index (χ3n) is 8.25. The van der Waals surface area contributed by atoms with E-state index in [9.17, 15) is 19.4 Å². The first-order valence-electron chi connectivity index (χ1n) is 18.6. The molecular weight excluding hydrogens is 587 g/mol. The number of carbonyl (C=O) groups excluding carboxylic acids is 1. The van der Waals surface area contributed by atoms with E-state index in [1.165, 1.54) is 103 Å². The van der Waals surface area contributed by atoms with Crippen molar-refractivity contribution in [3.8, 4) is 0 Å². The van der Waals surface area contributed by atoms with Gasteiger partial charge < -0.3 is 28.8 Å². The predicted octanol–water partition coefficient (Wildman–Crippen LogP) is 8.61. The van der Waals surface area contributed by atoms with E-state index in [0.717, 1.165) is 38.5 Å². The molecule has 0 fully saturated rings. The average Bonchev–Trinajstić information content (AvgIpc) is 2.97. The summed E-state index contributed by atoms with van der Waals surface area (Å²) >= 11 is 0. The maximum atomic E-state index is 12.7. The third-order valence-corrected chi connectivity index (χ3v) is 9.21. The number of nitrogens with zero attached hydrogens (tertiary/aromatic N) is 1. The molecule has 0 aromatic heterocycles. The van der Waals surface area contributed by atoms with E-state index in [0.29, 0.717) is 17.4 Å². The van der Waals surface area contributed by atoms with Crippen LogP contribution in [0, 0.1) is 0 Å². The molecule has 0 bridgehead atoms. The number of quaternary nitrogens is 1. The van der Waals surface area contributed by atoms with Crippen LogP contribution in [0.5, 0.6) is 0 Å². The lowest BCUT2D eigenvalue weighted by molar-refractivity contribution is -0.870. The highest BCUT2D eigenvalue weighted by Gasteiger charge is 2.23. The number of phosphoric ester groups is 1. The lowest BCUT2D eigenvalue weighted by Crippen LogP contribution is -2.45. The lowest BCUT2D eigenvalue weighted by atomic mass is 10.0. The number of carbonyl (C=O) groups is 1. The number of amides is 1. The Morgan fingerprint density at radius 2 is 1.20 bits per heavy atom. The van der Waals surface area contributed by atoms with Crippen molar-refractivity contribution in [1.82, 2.24) is 5.32 Å². The second-order valence-corrected chi connectivity index (χ2v) is 15.3. The number of allylic oxidation sites excluding steroid dienone is 1. The summed E-state index contributed by atoms with van der Waals surface area (Å²) in [7, 11) is 1.26. The normalized spacial score (nSPS) is 14.9. The predicted molar refractivity (Wildman–Crippen MR) is 187 cm³/mol. The summed E-state index contributed by atoms with van der Waals surface area (Å²) in [6, 6.07) is -0.876. The van der Waals surface area contributed by atoms with Crippen LogP contribution in [-0.2, 0) is 18.4 Å². The lowest BCUT2D eigenvalue weighted by Gasteiger charge is -2.29. The molecule has 3 atom stereocenters. The Hall–Kier alpha value is -0.760. The maximum absolute atomic E-state index is 12.7. The Balaban J connectivity index is 4.56. The molecule has 0 aromatic rings. The van der Waals surface area contributed by atoms with Gasteiger partial charge in [-0.05, 0) is 19.3 Å². The minimum atomic E-state index is -4.57. The molecule has 0 saturated heterocycles. The van der Waals surface area contributed by atoms with Crippen LogP contribution in [0.1, 0.15) is 162 Å². The van der Waals surface area contributed by atoms with Gasteiger partial charge in [0, 0.05) is 6.42 Å². The van der Waals surface area contributed by atoms with Crippen molar-refractivity contribution in [2.75, 3.05) is 40.9 Å². The first-order chi connectivity index (χ1) is 21.5. The summed E-state index contributed by atoms with van der Waals surface area (Å²) in [6.45, 7) is 4.60. The van der Waals surface area contributed by atoms with Crippen LogP contribution in [0.3, 0.4) is 0 Å². The van der Waals surface area contributed by atoms with Gasteiger partial charge >= 0.3 is 0 Å². The summed E-state index contributed by atoms with van der Waals surface area (Å²) in [4.78, 5) is 25.1. The molecule has 0 aliphatic rings. The molecule has 8 nitrogen and oxygen atoms in total. The van der Waals surface area contributed by atoms with Gasteiger partial charge in [-0.3, -0.25) is 9.36 Å². The molecule has 0 rings (SSSR count). The van der Waals surface area contributed by atoms with Crippen LogP contribution in [0.2, 0.25) is 0 Å². The zero-order valence-corrected chi connectivity index (χ0v) is 31.0. The van der Waals surface area contributed by atoms with Crippen molar-refractivity contribution in [3.05, 3.63) is 12.2 Å². The summed E-state index contributed by atoms with van der Waals surface area (Å²) in [5, 5.41) is 13.7. The van der Waals surface area contributed by atoms with Crippen LogP contribution < -0.4 is 10.2 Å². The molecule has 9 heteroatoms. The molecular formula is C36H73N2O6P. The fourth-order valence-electron chi connectivity index (χ4n) is 5.21. The van der Waals surface area contributed by atoms with Crippen molar-refractivity contribution < 1.29 is 32.9 Å². The van der Waals surface area contributed by atoms with Crippen LogP contribution in [0.25, 0.3) is 0 Å². The molecule has 2 N–H and O–H groups in total. The molecule has 0 aromatic carbocycles. The number of hydrogen-bond acceptors (Lipinski definition) is 6. The number of rotatable bonds is 33. The molecule has 0 radical (unpaired) electrons. The van der Waals surface area contributed by atoms with Crippen LogP contribution in [0.15, 0.2) is 12.2 Å². The van der Waals surface area contributed by atoms with Crippen LogP contribution in [0.4, 0.5) is 0 Å². The van der Waals surface area contributed by atoms with Gasteiger partial charge in [0.05, 0.1) is 39.9 Å². The number of aliphatic hydroxyl groups is 1. The summed E-state index contributed by atoms with van der Waals surface area (Å²) in [5.41, 5.74) is 0. The molecule has 0 aliphatic carbocycles. The monoisotopic (exact) mass is 661 g/mol. The van der Waals surface area contributed by atoms with E-state index in [1.807, 2.05) is 27.2 Å². The molecule has 3 unspecified atom stereocenters. The number of nitrogens with one attached hydrogen (secondary N) is 1. The second-order valence-electron chi connectivity index (χ2n) is 13.9. The van der Waals surface area contributed by atoms with Crippen molar-refractivity contribution >= 4 is 13.7 Å². The SMILES string of the molecule is CCCCCCCCCCCCC/C=C/C(O)C(COP(=O)([O-])OCC[N+](C)(C)C)NC(=O)CCCCCCCCCCCC. The minimum Gasteiger partial charge on any atom is -0.756 e. The topological polar surface area (TPSA) is 108 Å². The minimum absolute atomic E-state index is 0.00145. The molecule has 45 heavy (non-hydrogen) atoms. The quantitative estimate of drug-likeness (QED) is 0.0316. The zero-order chi connectivity index (χ0) is 33.7. The standard InChI is InChI=1S/C36H73N2O6P/c1-6-8-10-12-14-16-18-19-20-21-23-25-27-29-35(39)34(33-44-45(41,42)43-32-31-38(3,4)5)37-36(40)30-28-26-24-22-17-15-13-11-9-7-2/h27,29,34-35,39H,6-26,28,30-33H2,1-5H3,(H-,37,40,41,42)/b29-27+. The van der Waals surface area contributed by atoms with Crippen LogP contribution in [-0.4, -0.2) is 68.5 Å². The molecule has 1 amide bonds. The molecule has 268 valence electrons. The van der Waals surface area contributed by atoms with Gasteiger partial charge in [0.1, 0.15) is 13.2 Å². The van der Waals surface area contributed by atoms with Gasteiger partial charge in [0.15, 0.2) is 0 Å². The van der Waals surface area contributed by atoms with E-state index >= 15 is 0 Å². The fourth-order valence-corrected chi connectivity index (χ4v) is 5.93. The average molecular weight is 661 g/mol. The number of unbranched alkanes of at least 4 members (excludes halogenated alkanes) is 20. The van der Waals surface area contributed by atoms with E-state index in [4.69, 9.17) is 9.05 Å². The van der Waals surface area contributed by atoms with Gasteiger partial charge in [0.25, 0.3) is 7.82 Å². The second kappa shape index (κ2) is 29.4. The van der Waals surface area contributed by atoms with Gasteiger partial charge in [-0.25, -0.2) is 0 Å². The first-order valence-corrected chi connectivity index (χ1v) is 20.0. The van der Waals surface area contributed by atoms with Gasteiger partial charge in [-0.15, -0.1) is 0 Å². The molecule has 0 aliphatic heterocycles. The number of phosphoric acid groups is 1. The van der Waals surface area contributed by atoms with Crippen molar-refractivity contribution in [2.45, 2.75) is 174 Å². The Morgan fingerprint density at radius 3 is 1.67 bits per heavy atom. The maximum Gasteiger partial charge on any atom is 0.268 e. The Kier molecular flexibility index (Phi) is 28.9. The Morgan fingerprint density at radius 1 is 0.756 bits per heavy atom. The largest absolute Gasteiger partial charge is 0.756 e. The van der Waals surface area contributed by atoms with Gasteiger partial charge in [0.2, 0.25) is 5.91 Å². The van der Waals surface area contributed by atoms with Crippen molar-refractivity contribution in [1.29, 1.82) is 0 Å². The summed E-state index contributed by atoms with van der Waals surface area (Å²) < 4.78 is 23.0. The fraction of sp³-hybridized carbons (Fsp3) is 0.917. The van der Waals surface area contributed by atoms with Crippen LogP contribution >= 0.6 is 7.82 Å². The zero-order valence-electron chi connectivity index (χ0n) is 30.1. The Labute approximate surface area is 278 Å².